The summed E-state index contributed by atoms with van der Waals surface area (Å²) in [5.74, 6) is 0.651. The molecule has 1 heterocycles. The first-order valence-corrected chi connectivity index (χ1v) is 10.3. The fourth-order valence-electron chi connectivity index (χ4n) is 4.16. The quantitative estimate of drug-likeness (QED) is 0.741. The number of carbonyl (C=O) groups excluding carboxylic acids is 1. The Morgan fingerprint density at radius 1 is 1.20 bits per heavy atom. The Labute approximate surface area is 177 Å². The summed E-state index contributed by atoms with van der Waals surface area (Å²) in [5, 5.41) is 3.11. The molecule has 1 N–H and O–H groups in total. The van der Waals surface area contributed by atoms with Crippen LogP contribution in [-0.4, -0.2) is 19.2 Å². The molecule has 0 fully saturated rings. The maximum atomic E-state index is 13.2. The van der Waals surface area contributed by atoms with Gasteiger partial charge < -0.3 is 10.1 Å². The summed E-state index contributed by atoms with van der Waals surface area (Å²) in [4.78, 5) is 17.4. The van der Waals surface area contributed by atoms with E-state index in [1.165, 1.54) is 16.7 Å². The lowest BCUT2D eigenvalue weighted by molar-refractivity contribution is -0.123. The molecule has 0 aromatic heterocycles. The molecule has 2 aromatic carbocycles. The lowest BCUT2D eigenvalue weighted by atomic mass is 9.80. The molecule has 4 heteroatoms. The molecule has 1 amide bonds. The first-order valence-electron chi connectivity index (χ1n) is 10.3. The molecule has 1 aliphatic carbocycles. The number of nitrogens with zero attached hydrogens (tertiary/aromatic N) is 1. The second-order valence-corrected chi connectivity index (χ2v) is 7.59. The first kappa shape index (κ1) is 19.9. The van der Waals surface area contributed by atoms with Crippen LogP contribution < -0.4 is 10.1 Å². The van der Waals surface area contributed by atoms with E-state index in [1.54, 1.807) is 7.11 Å². The van der Waals surface area contributed by atoms with Gasteiger partial charge in [0.25, 0.3) is 0 Å². The Hall–Kier alpha value is -3.40. The number of aliphatic imine (C=N–C) groups is 1. The topological polar surface area (TPSA) is 50.7 Å². The van der Waals surface area contributed by atoms with Gasteiger partial charge in [-0.3, -0.25) is 9.79 Å². The Bertz CT molecular complexity index is 1060. The van der Waals surface area contributed by atoms with Gasteiger partial charge in [-0.1, -0.05) is 48.6 Å². The summed E-state index contributed by atoms with van der Waals surface area (Å²) in [5.41, 5.74) is 5.79. The van der Waals surface area contributed by atoms with E-state index in [9.17, 15) is 4.79 Å². The number of fused-ring (bicyclic) bond motifs is 1. The average Bonchev–Trinajstić information content (AvgIpc) is 3.22. The van der Waals surface area contributed by atoms with Crippen molar-refractivity contribution >= 4 is 18.2 Å². The third kappa shape index (κ3) is 4.13. The lowest BCUT2D eigenvalue weighted by Gasteiger charge is -2.25. The zero-order valence-corrected chi connectivity index (χ0v) is 17.3. The molecule has 2 atom stereocenters. The highest BCUT2D eigenvalue weighted by Crippen LogP contribution is 2.41. The molecule has 4 nitrogen and oxygen atoms in total. The zero-order chi connectivity index (χ0) is 20.9. The van der Waals surface area contributed by atoms with Crippen LogP contribution in [0.5, 0.6) is 5.75 Å². The summed E-state index contributed by atoms with van der Waals surface area (Å²) in [6, 6.07) is 16.2. The van der Waals surface area contributed by atoms with E-state index in [0.29, 0.717) is 6.54 Å². The molecular formula is C26H26N2O2. The number of rotatable bonds is 6. The summed E-state index contributed by atoms with van der Waals surface area (Å²) in [6.07, 6.45) is 10.9. The molecule has 0 spiro atoms. The second-order valence-electron chi connectivity index (χ2n) is 7.59. The van der Waals surface area contributed by atoms with Crippen molar-refractivity contribution < 1.29 is 9.53 Å². The minimum absolute atomic E-state index is 0.0222. The highest BCUT2D eigenvalue weighted by molar-refractivity contribution is 5.83. The molecule has 0 saturated heterocycles. The van der Waals surface area contributed by atoms with E-state index >= 15 is 0 Å². The number of ether oxygens (including phenoxy) is 1. The van der Waals surface area contributed by atoms with Crippen LogP contribution in [-0.2, 0) is 11.3 Å². The van der Waals surface area contributed by atoms with Crippen LogP contribution in [0.25, 0.3) is 6.08 Å². The van der Waals surface area contributed by atoms with Crippen molar-refractivity contribution in [2.45, 2.75) is 25.8 Å². The highest BCUT2D eigenvalue weighted by Gasteiger charge is 2.30. The minimum Gasteiger partial charge on any atom is -0.497 e. The van der Waals surface area contributed by atoms with Gasteiger partial charge in [0.15, 0.2) is 0 Å². The van der Waals surface area contributed by atoms with Crippen LogP contribution in [0.15, 0.2) is 83.0 Å². The number of carbonyl (C=O) groups is 1. The molecule has 0 radical (unpaired) electrons. The SMILES string of the molecule is COc1cccc(CNC(=O)C(C)/C(=C2\C=CN=CC2)C2C=Cc3ccccc32)c1. The molecule has 2 aliphatic rings. The van der Waals surface area contributed by atoms with Gasteiger partial charge in [-0.25, -0.2) is 0 Å². The third-order valence-electron chi connectivity index (χ3n) is 5.74. The van der Waals surface area contributed by atoms with Crippen molar-refractivity contribution in [2.75, 3.05) is 7.11 Å². The molecule has 30 heavy (non-hydrogen) atoms. The minimum atomic E-state index is -0.262. The Morgan fingerprint density at radius 2 is 2.07 bits per heavy atom. The van der Waals surface area contributed by atoms with Crippen molar-refractivity contribution in [3.05, 3.63) is 94.7 Å². The first-order chi connectivity index (χ1) is 14.7. The Morgan fingerprint density at radius 3 is 2.87 bits per heavy atom. The molecule has 152 valence electrons. The van der Waals surface area contributed by atoms with E-state index in [2.05, 4.69) is 46.7 Å². The highest BCUT2D eigenvalue weighted by atomic mass is 16.5. The van der Waals surface area contributed by atoms with Crippen molar-refractivity contribution in [1.29, 1.82) is 0 Å². The molecule has 4 rings (SSSR count). The predicted molar refractivity (Wildman–Crippen MR) is 121 cm³/mol. The van der Waals surface area contributed by atoms with Gasteiger partial charge in [0.05, 0.1) is 13.0 Å². The molecule has 1 aliphatic heterocycles. The molecular weight excluding hydrogens is 372 g/mol. The van der Waals surface area contributed by atoms with E-state index in [1.807, 2.05) is 49.7 Å². The van der Waals surface area contributed by atoms with E-state index in [0.717, 1.165) is 23.3 Å². The standard InChI is InChI=1S/C26H26N2O2/c1-18(26(29)28-17-19-6-5-8-22(16-19)30-2)25(21-12-14-27-15-13-21)24-11-10-20-7-3-4-9-23(20)24/h3-12,14-16,18,24H,13,17H2,1-2H3,(H,28,29)/b25-21-. The van der Waals surface area contributed by atoms with Gasteiger partial charge in [-0.15, -0.1) is 0 Å². The van der Waals surface area contributed by atoms with Crippen LogP contribution in [0.4, 0.5) is 0 Å². The van der Waals surface area contributed by atoms with Crippen LogP contribution in [0.1, 0.15) is 36.0 Å². The number of hydrogen-bond acceptors (Lipinski definition) is 3. The molecule has 0 bridgehead atoms. The van der Waals surface area contributed by atoms with Crippen LogP contribution in [0.3, 0.4) is 0 Å². The van der Waals surface area contributed by atoms with Crippen molar-refractivity contribution in [1.82, 2.24) is 5.32 Å². The van der Waals surface area contributed by atoms with Crippen LogP contribution in [0, 0.1) is 5.92 Å². The fraction of sp³-hybridized carbons (Fsp3) is 0.231. The number of nitrogens with one attached hydrogen (secondary N) is 1. The van der Waals surface area contributed by atoms with Gasteiger partial charge in [0, 0.05) is 31.3 Å². The van der Waals surface area contributed by atoms with Crippen molar-refractivity contribution in [3.8, 4) is 5.75 Å². The van der Waals surface area contributed by atoms with Gasteiger partial charge in [-0.05, 0) is 53.0 Å². The van der Waals surface area contributed by atoms with Gasteiger partial charge in [0.2, 0.25) is 5.91 Å². The third-order valence-corrected chi connectivity index (χ3v) is 5.74. The Balaban J connectivity index is 1.58. The smallest absolute Gasteiger partial charge is 0.227 e. The van der Waals surface area contributed by atoms with E-state index < -0.39 is 0 Å². The van der Waals surface area contributed by atoms with Gasteiger partial charge >= 0.3 is 0 Å². The second kappa shape index (κ2) is 8.95. The van der Waals surface area contributed by atoms with Crippen molar-refractivity contribution in [2.24, 2.45) is 10.9 Å². The zero-order valence-electron chi connectivity index (χ0n) is 17.3. The van der Waals surface area contributed by atoms with E-state index in [4.69, 9.17) is 4.74 Å². The fourth-order valence-corrected chi connectivity index (χ4v) is 4.16. The van der Waals surface area contributed by atoms with Gasteiger partial charge in [-0.2, -0.15) is 0 Å². The monoisotopic (exact) mass is 398 g/mol. The summed E-state index contributed by atoms with van der Waals surface area (Å²) in [7, 11) is 1.65. The van der Waals surface area contributed by atoms with Gasteiger partial charge in [0.1, 0.15) is 5.75 Å². The molecule has 2 aromatic rings. The van der Waals surface area contributed by atoms with Crippen LogP contribution in [0.2, 0.25) is 0 Å². The predicted octanol–water partition coefficient (Wildman–Crippen LogP) is 5.04. The number of allylic oxidation sites excluding steroid dienone is 3. The number of methoxy groups -OCH3 is 1. The number of benzene rings is 2. The summed E-state index contributed by atoms with van der Waals surface area (Å²) < 4.78 is 5.28. The number of hydrogen-bond donors (Lipinski definition) is 1. The van der Waals surface area contributed by atoms with Crippen LogP contribution >= 0.6 is 0 Å². The number of amides is 1. The van der Waals surface area contributed by atoms with E-state index in [-0.39, 0.29) is 17.7 Å². The average molecular weight is 399 g/mol. The molecule has 2 unspecified atom stereocenters. The Kier molecular flexibility index (Phi) is 5.94. The summed E-state index contributed by atoms with van der Waals surface area (Å²) >= 11 is 0. The maximum Gasteiger partial charge on any atom is 0.227 e. The lowest BCUT2D eigenvalue weighted by Crippen LogP contribution is -2.31. The molecule has 0 saturated carbocycles. The maximum absolute atomic E-state index is 13.2. The summed E-state index contributed by atoms with van der Waals surface area (Å²) in [6.45, 7) is 2.47. The largest absolute Gasteiger partial charge is 0.497 e. The normalized spacial score (nSPS) is 19.3. The van der Waals surface area contributed by atoms with Crippen molar-refractivity contribution in [3.63, 3.8) is 0 Å².